The van der Waals surface area contributed by atoms with Crippen LogP contribution in [-0.2, 0) is 6.42 Å². The van der Waals surface area contributed by atoms with Gasteiger partial charge in [0, 0.05) is 6.04 Å². The summed E-state index contributed by atoms with van der Waals surface area (Å²) in [6, 6.07) is 9.08. The van der Waals surface area contributed by atoms with Gasteiger partial charge in [-0.3, -0.25) is 0 Å². The lowest BCUT2D eigenvalue weighted by atomic mass is 9.81. The van der Waals surface area contributed by atoms with Crippen molar-refractivity contribution in [1.29, 1.82) is 0 Å². The molecule has 1 N–H and O–H groups in total. The second-order valence-electron chi connectivity index (χ2n) is 5.53. The van der Waals surface area contributed by atoms with E-state index in [2.05, 4.69) is 37.5 Å². The molecule has 0 saturated heterocycles. The number of methoxy groups -OCH3 is 1. The molecule has 1 fully saturated rings. The summed E-state index contributed by atoms with van der Waals surface area (Å²) in [6.07, 6.45) is 4.98. The minimum absolute atomic E-state index is 0.419. The van der Waals surface area contributed by atoms with E-state index in [1.165, 1.54) is 24.8 Å². The van der Waals surface area contributed by atoms with E-state index in [1.54, 1.807) is 7.11 Å². The van der Waals surface area contributed by atoms with Gasteiger partial charge in [0.1, 0.15) is 5.75 Å². The standard InChI is InChI=1S/C15H23NO/c1-15(9-8-13(11-15)16-2)10-12-6-4-5-7-14(12)17-3/h4-7,13,16H,8-11H2,1-3H3. The van der Waals surface area contributed by atoms with Crippen molar-refractivity contribution in [2.45, 2.75) is 38.6 Å². The molecule has 94 valence electrons. The molecule has 2 nitrogen and oxygen atoms in total. The van der Waals surface area contributed by atoms with Gasteiger partial charge in [0.15, 0.2) is 0 Å². The van der Waals surface area contributed by atoms with Crippen molar-refractivity contribution in [3.63, 3.8) is 0 Å². The van der Waals surface area contributed by atoms with Gasteiger partial charge in [-0.25, -0.2) is 0 Å². The summed E-state index contributed by atoms with van der Waals surface area (Å²) in [5.41, 5.74) is 1.76. The second kappa shape index (κ2) is 5.09. The van der Waals surface area contributed by atoms with Crippen molar-refractivity contribution in [2.75, 3.05) is 14.2 Å². The monoisotopic (exact) mass is 233 g/mol. The van der Waals surface area contributed by atoms with Crippen molar-refractivity contribution >= 4 is 0 Å². The maximum Gasteiger partial charge on any atom is 0.122 e. The summed E-state index contributed by atoms with van der Waals surface area (Å²) >= 11 is 0. The zero-order valence-corrected chi connectivity index (χ0v) is 11.1. The fourth-order valence-corrected chi connectivity index (χ4v) is 3.04. The highest BCUT2D eigenvalue weighted by Crippen LogP contribution is 2.41. The third-order valence-electron chi connectivity index (χ3n) is 4.05. The summed E-state index contributed by atoms with van der Waals surface area (Å²) in [4.78, 5) is 0. The van der Waals surface area contributed by atoms with Crippen LogP contribution in [0.15, 0.2) is 24.3 Å². The molecule has 0 heterocycles. The maximum atomic E-state index is 5.44. The van der Waals surface area contributed by atoms with Gasteiger partial charge in [0.2, 0.25) is 0 Å². The predicted molar refractivity (Wildman–Crippen MR) is 71.5 cm³/mol. The van der Waals surface area contributed by atoms with Crippen LogP contribution >= 0.6 is 0 Å². The third-order valence-corrected chi connectivity index (χ3v) is 4.05. The van der Waals surface area contributed by atoms with Crippen molar-refractivity contribution in [3.05, 3.63) is 29.8 Å². The number of para-hydroxylation sites is 1. The number of rotatable bonds is 4. The molecule has 1 aromatic carbocycles. The Kier molecular flexibility index (Phi) is 3.72. The molecule has 17 heavy (non-hydrogen) atoms. The van der Waals surface area contributed by atoms with Gasteiger partial charge in [-0.15, -0.1) is 0 Å². The molecule has 1 aromatic rings. The molecule has 0 aliphatic heterocycles. The van der Waals surface area contributed by atoms with Crippen molar-refractivity contribution in [2.24, 2.45) is 5.41 Å². The summed E-state index contributed by atoms with van der Waals surface area (Å²) < 4.78 is 5.44. The number of benzene rings is 1. The fourth-order valence-electron chi connectivity index (χ4n) is 3.04. The van der Waals surface area contributed by atoms with Gasteiger partial charge in [-0.1, -0.05) is 25.1 Å². The van der Waals surface area contributed by atoms with Crippen LogP contribution in [0, 0.1) is 5.41 Å². The Balaban J connectivity index is 2.10. The SMILES string of the molecule is CNC1CCC(C)(Cc2ccccc2OC)C1. The molecule has 2 rings (SSSR count). The first kappa shape index (κ1) is 12.4. The molecule has 1 aliphatic rings. The summed E-state index contributed by atoms with van der Waals surface area (Å²) in [6.45, 7) is 2.40. The van der Waals surface area contributed by atoms with Gasteiger partial charge >= 0.3 is 0 Å². The van der Waals surface area contributed by atoms with Crippen molar-refractivity contribution < 1.29 is 4.74 Å². The minimum atomic E-state index is 0.419. The number of ether oxygens (including phenoxy) is 1. The molecule has 1 saturated carbocycles. The Hall–Kier alpha value is -1.02. The minimum Gasteiger partial charge on any atom is -0.496 e. The second-order valence-corrected chi connectivity index (χ2v) is 5.53. The molecule has 1 aliphatic carbocycles. The lowest BCUT2D eigenvalue weighted by Gasteiger charge is -2.25. The zero-order chi connectivity index (χ0) is 12.3. The predicted octanol–water partition coefficient (Wildman–Crippen LogP) is 3.02. The Morgan fingerprint density at radius 2 is 2.18 bits per heavy atom. The first-order valence-electron chi connectivity index (χ1n) is 6.46. The first-order valence-corrected chi connectivity index (χ1v) is 6.46. The van der Waals surface area contributed by atoms with E-state index in [0.717, 1.165) is 12.2 Å². The summed E-state index contributed by atoms with van der Waals surface area (Å²) in [7, 11) is 3.83. The Morgan fingerprint density at radius 1 is 1.41 bits per heavy atom. The smallest absolute Gasteiger partial charge is 0.122 e. The number of hydrogen-bond donors (Lipinski definition) is 1. The lowest BCUT2D eigenvalue weighted by Crippen LogP contribution is -2.24. The molecule has 2 unspecified atom stereocenters. The molecule has 0 spiro atoms. The largest absolute Gasteiger partial charge is 0.496 e. The first-order chi connectivity index (χ1) is 8.17. The zero-order valence-electron chi connectivity index (χ0n) is 11.1. The molecule has 0 bridgehead atoms. The van der Waals surface area contributed by atoms with Crippen LogP contribution in [0.4, 0.5) is 0 Å². The van der Waals surface area contributed by atoms with Gasteiger partial charge in [-0.05, 0) is 49.8 Å². The third kappa shape index (κ3) is 2.81. The fraction of sp³-hybridized carbons (Fsp3) is 0.600. The van der Waals surface area contributed by atoms with E-state index in [0.29, 0.717) is 11.5 Å². The average Bonchev–Trinajstić information content (AvgIpc) is 2.72. The van der Waals surface area contributed by atoms with Crippen LogP contribution in [0.3, 0.4) is 0 Å². The normalized spacial score (nSPS) is 28.3. The van der Waals surface area contributed by atoms with Gasteiger partial charge < -0.3 is 10.1 Å². The Labute approximate surface area is 104 Å². The molecule has 2 atom stereocenters. The molecular formula is C15H23NO. The highest BCUT2D eigenvalue weighted by atomic mass is 16.5. The van der Waals surface area contributed by atoms with E-state index in [9.17, 15) is 0 Å². The topological polar surface area (TPSA) is 21.3 Å². The lowest BCUT2D eigenvalue weighted by molar-refractivity contribution is 0.316. The van der Waals surface area contributed by atoms with Crippen LogP contribution in [0.1, 0.15) is 31.7 Å². The molecule has 0 radical (unpaired) electrons. The Morgan fingerprint density at radius 3 is 2.82 bits per heavy atom. The quantitative estimate of drug-likeness (QED) is 0.863. The van der Waals surface area contributed by atoms with Crippen LogP contribution in [0.2, 0.25) is 0 Å². The van der Waals surface area contributed by atoms with Gasteiger partial charge in [0.05, 0.1) is 7.11 Å². The molecular weight excluding hydrogens is 210 g/mol. The van der Waals surface area contributed by atoms with E-state index in [1.807, 2.05) is 6.07 Å². The highest BCUT2D eigenvalue weighted by Gasteiger charge is 2.34. The molecule has 0 aromatic heterocycles. The van der Waals surface area contributed by atoms with Gasteiger partial charge in [0.25, 0.3) is 0 Å². The van der Waals surface area contributed by atoms with Crippen LogP contribution in [0.5, 0.6) is 5.75 Å². The average molecular weight is 233 g/mol. The van der Waals surface area contributed by atoms with Gasteiger partial charge in [-0.2, -0.15) is 0 Å². The molecule has 0 amide bonds. The maximum absolute atomic E-state index is 5.44. The summed E-state index contributed by atoms with van der Waals surface area (Å²) in [5.74, 6) is 1.03. The highest BCUT2D eigenvalue weighted by molar-refractivity contribution is 5.34. The number of nitrogens with one attached hydrogen (secondary N) is 1. The number of hydrogen-bond acceptors (Lipinski definition) is 2. The van der Waals surface area contributed by atoms with Crippen molar-refractivity contribution in [1.82, 2.24) is 5.32 Å². The van der Waals surface area contributed by atoms with Crippen LogP contribution < -0.4 is 10.1 Å². The van der Waals surface area contributed by atoms with E-state index >= 15 is 0 Å². The Bertz CT molecular complexity index is 377. The van der Waals surface area contributed by atoms with Crippen LogP contribution in [-0.4, -0.2) is 20.2 Å². The van der Waals surface area contributed by atoms with E-state index < -0.39 is 0 Å². The van der Waals surface area contributed by atoms with Crippen LogP contribution in [0.25, 0.3) is 0 Å². The molecule has 2 heteroatoms. The van der Waals surface area contributed by atoms with Crippen molar-refractivity contribution in [3.8, 4) is 5.75 Å². The van der Waals surface area contributed by atoms with E-state index in [-0.39, 0.29) is 0 Å². The van der Waals surface area contributed by atoms with E-state index in [4.69, 9.17) is 4.74 Å². The summed E-state index contributed by atoms with van der Waals surface area (Å²) in [5, 5.41) is 3.40.